The minimum absolute atomic E-state index is 0.0280. The normalized spacial score (nSPS) is 27.9. The Hall–Kier alpha value is 0.150. The summed E-state index contributed by atoms with van der Waals surface area (Å²) in [7, 11) is -3.08. The summed E-state index contributed by atoms with van der Waals surface area (Å²) >= 11 is 6.52. The molecule has 0 radical (unpaired) electrons. The van der Waals surface area contributed by atoms with E-state index in [0.29, 0.717) is 4.32 Å². The van der Waals surface area contributed by atoms with E-state index in [-0.39, 0.29) is 16.8 Å². The summed E-state index contributed by atoms with van der Waals surface area (Å²) in [6.07, 6.45) is -0.788. The van der Waals surface area contributed by atoms with Gasteiger partial charge in [-0.15, -0.1) is 0 Å². The third-order valence-corrected chi connectivity index (χ3v) is 6.26. The number of thiocarbonyl (C=S) groups is 1. The molecule has 0 aromatic heterocycles. The average Bonchev–Trinajstić information content (AvgIpc) is 2.41. The number of aliphatic hydroxyl groups is 1. The van der Waals surface area contributed by atoms with Crippen molar-refractivity contribution in [3.8, 4) is 0 Å². The molecule has 1 aliphatic heterocycles. The van der Waals surface area contributed by atoms with Crippen LogP contribution in [-0.4, -0.2) is 58.7 Å². The Labute approximate surface area is 106 Å². The van der Waals surface area contributed by atoms with Crippen LogP contribution in [0.2, 0.25) is 0 Å². The topological polar surface area (TPSA) is 57.6 Å². The smallest absolute Gasteiger partial charge is 0.154 e. The van der Waals surface area contributed by atoms with Crippen molar-refractivity contribution in [2.75, 3.05) is 24.6 Å². The molecular formula is C9H17NO3S3. The van der Waals surface area contributed by atoms with Gasteiger partial charge >= 0.3 is 0 Å². The van der Waals surface area contributed by atoms with E-state index in [0.717, 1.165) is 13.1 Å². The lowest BCUT2D eigenvalue weighted by Gasteiger charge is -2.23. The van der Waals surface area contributed by atoms with Crippen molar-refractivity contribution in [2.45, 2.75) is 25.2 Å². The molecule has 7 heteroatoms. The van der Waals surface area contributed by atoms with Crippen molar-refractivity contribution in [2.24, 2.45) is 0 Å². The second-order valence-corrected chi connectivity index (χ2v) is 7.77. The number of rotatable bonds is 3. The number of aliphatic hydroxyl groups excluding tert-OH is 1. The maximum absolute atomic E-state index is 11.3. The zero-order chi connectivity index (χ0) is 12.3. The van der Waals surface area contributed by atoms with E-state index in [4.69, 9.17) is 12.2 Å². The summed E-state index contributed by atoms with van der Waals surface area (Å²) in [6, 6.07) is 0. The number of hydrogen-bond acceptors (Lipinski definition) is 5. The fourth-order valence-electron chi connectivity index (χ4n) is 1.60. The third kappa shape index (κ3) is 3.58. The van der Waals surface area contributed by atoms with E-state index >= 15 is 0 Å². The molecule has 0 saturated carbocycles. The van der Waals surface area contributed by atoms with Crippen molar-refractivity contribution >= 4 is 38.1 Å². The van der Waals surface area contributed by atoms with Gasteiger partial charge in [-0.1, -0.05) is 24.0 Å². The summed E-state index contributed by atoms with van der Waals surface area (Å²) in [5.41, 5.74) is 0. The minimum atomic E-state index is -3.08. The highest BCUT2D eigenvalue weighted by Gasteiger charge is 2.37. The molecule has 1 aliphatic rings. The van der Waals surface area contributed by atoms with Gasteiger partial charge in [-0.3, -0.25) is 0 Å². The average molecular weight is 283 g/mol. The SMILES string of the molecule is CCN(CC)C(=S)S[C@H]1CS(=O)(=O)C[C@@H]1O. The first-order valence-electron chi connectivity index (χ1n) is 5.23. The van der Waals surface area contributed by atoms with E-state index in [1.807, 2.05) is 18.7 Å². The second kappa shape index (κ2) is 5.66. The summed E-state index contributed by atoms with van der Waals surface area (Å²) in [5, 5.41) is 9.32. The highest BCUT2D eigenvalue weighted by atomic mass is 32.2. The fourth-order valence-corrected chi connectivity index (χ4v) is 5.77. The van der Waals surface area contributed by atoms with Gasteiger partial charge < -0.3 is 10.0 Å². The molecule has 4 nitrogen and oxygen atoms in total. The minimum Gasteiger partial charge on any atom is -0.391 e. The molecule has 0 aromatic carbocycles. The summed E-state index contributed by atoms with van der Waals surface area (Å²) in [5.74, 6) is -0.105. The molecule has 0 aromatic rings. The standard InChI is InChI=1S/C9H17NO3S3/c1-3-10(4-2)9(14)15-8-6-16(12,13)5-7(8)11/h7-8,11H,3-6H2,1-2H3/t7-,8-/m0/s1. The van der Waals surface area contributed by atoms with E-state index < -0.39 is 15.9 Å². The van der Waals surface area contributed by atoms with Gasteiger partial charge in [0.2, 0.25) is 0 Å². The predicted molar refractivity (Wildman–Crippen MR) is 71.6 cm³/mol. The van der Waals surface area contributed by atoms with Crippen molar-refractivity contribution < 1.29 is 13.5 Å². The number of nitrogens with zero attached hydrogens (tertiary/aromatic N) is 1. The molecule has 1 saturated heterocycles. The maximum Gasteiger partial charge on any atom is 0.154 e. The number of thioether (sulfide) groups is 1. The van der Waals surface area contributed by atoms with Crippen LogP contribution in [0.4, 0.5) is 0 Å². The van der Waals surface area contributed by atoms with E-state index in [9.17, 15) is 13.5 Å². The fraction of sp³-hybridized carbons (Fsp3) is 0.889. The molecule has 0 spiro atoms. The molecule has 1 N–H and O–H groups in total. The summed E-state index contributed by atoms with van der Waals surface area (Å²) in [6.45, 7) is 5.60. The number of hydrogen-bond donors (Lipinski definition) is 1. The second-order valence-electron chi connectivity index (χ2n) is 3.74. The Morgan fingerprint density at radius 3 is 2.38 bits per heavy atom. The van der Waals surface area contributed by atoms with Crippen LogP contribution < -0.4 is 0 Å². The molecular weight excluding hydrogens is 266 g/mol. The van der Waals surface area contributed by atoms with Crippen molar-refractivity contribution in [1.82, 2.24) is 4.90 Å². The van der Waals surface area contributed by atoms with Gasteiger partial charge in [0.1, 0.15) is 4.32 Å². The molecule has 0 unspecified atom stereocenters. The van der Waals surface area contributed by atoms with Crippen molar-refractivity contribution in [3.63, 3.8) is 0 Å². The van der Waals surface area contributed by atoms with Crippen molar-refractivity contribution in [3.05, 3.63) is 0 Å². The molecule has 2 atom stereocenters. The summed E-state index contributed by atoms with van der Waals surface area (Å²) < 4.78 is 23.3. The number of sulfone groups is 1. The Morgan fingerprint density at radius 2 is 2.00 bits per heavy atom. The first kappa shape index (κ1) is 14.2. The zero-order valence-corrected chi connectivity index (χ0v) is 11.9. The van der Waals surface area contributed by atoms with Gasteiger partial charge in [0.25, 0.3) is 0 Å². The van der Waals surface area contributed by atoms with Crippen LogP contribution in [0, 0.1) is 0 Å². The van der Waals surface area contributed by atoms with Crippen LogP contribution in [0.1, 0.15) is 13.8 Å². The third-order valence-electron chi connectivity index (χ3n) is 2.55. The lowest BCUT2D eigenvalue weighted by Crippen LogP contribution is -2.31. The Kier molecular flexibility index (Phi) is 5.03. The van der Waals surface area contributed by atoms with E-state index in [2.05, 4.69) is 0 Å². The molecule has 16 heavy (non-hydrogen) atoms. The predicted octanol–water partition coefficient (Wildman–Crippen LogP) is 0.504. The Balaban J connectivity index is 2.59. The monoisotopic (exact) mass is 283 g/mol. The van der Waals surface area contributed by atoms with Crippen molar-refractivity contribution in [1.29, 1.82) is 0 Å². The molecule has 0 amide bonds. The first-order valence-corrected chi connectivity index (χ1v) is 8.34. The van der Waals surface area contributed by atoms with Gasteiger partial charge in [0.05, 0.1) is 22.9 Å². The van der Waals surface area contributed by atoms with Gasteiger partial charge in [0, 0.05) is 13.1 Å². The van der Waals surface area contributed by atoms with Crippen LogP contribution in [0.25, 0.3) is 0 Å². The zero-order valence-electron chi connectivity index (χ0n) is 9.42. The summed E-state index contributed by atoms with van der Waals surface area (Å²) in [4.78, 5) is 1.98. The largest absolute Gasteiger partial charge is 0.391 e. The van der Waals surface area contributed by atoms with Gasteiger partial charge in [0.15, 0.2) is 9.84 Å². The van der Waals surface area contributed by atoms with E-state index in [1.165, 1.54) is 11.8 Å². The Morgan fingerprint density at radius 1 is 1.44 bits per heavy atom. The maximum atomic E-state index is 11.3. The van der Waals surface area contributed by atoms with Crippen LogP contribution in [-0.2, 0) is 9.84 Å². The Bertz CT molecular complexity index is 351. The van der Waals surface area contributed by atoms with Gasteiger partial charge in [-0.25, -0.2) is 8.42 Å². The van der Waals surface area contributed by atoms with Crippen LogP contribution in [0.3, 0.4) is 0 Å². The molecule has 1 rings (SSSR count). The van der Waals surface area contributed by atoms with Crippen LogP contribution >= 0.6 is 24.0 Å². The van der Waals surface area contributed by atoms with E-state index in [1.54, 1.807) is 0 Å². The van der Waals surface area contributed by atoms with Crippen LogP contribution in [0.15, 0.2) is 0 Å². The molecule has 0 aliphatic carbocycles. The van der Waals surface area contributed by atoms with Crippen LogP contribution in [0.5, 0.6) is 0 Å². The molecule has 1 heterocycles. The molecule has 94 valence electrons. The quantitative estimate of drug-likeness (QED) is 0.762. The first-order chi connectivity index (χ1) is 7.39. The molecule has 0 bridgehead atoms. The van der Waals surface area contributed by atoms with Gasteiger partial charge in [-0.05, 0) is 13.8 Å². The highest BCUT2D eigenvalue weighted by Crippen LogP contribution is 2.27. The highest BCUT2D eigenvalue weighted by molar-refractivity contribution is 8.23. The molecule has 1 fully saturated rings. The lowest BCUT2D eigenvalue weighted by molar-refractivity contribution is 0.208. The van der Waals surface area contributed by atoms with Gasteiger partial charge in [-0.2, -0.15) is 0 Å². The lowest BCUT2D eigenvalue weighted by atomic mass is 10.3.